The molecule has 0 bridgehead atoms. The first kappa shape index (κ1) is 17.5. The van der Waals surface area contributed by atoms with Crippen molar-refractivity contribution in [2.24, 2.45) is 0 Å². The summed E-state index contributed by atoms with van der Waals surface area (Å²) >= 11 is 0. The third kappa shape index (κ3) is 4.00. The Labute approximate surface area is 147 Å². The molecule has 0 unspecified atom stereocenters. The van der Waals surface area contributed by atoms with E-state index in [0.29, 0.717) is 17.5 Å². The van der Waals surface area contributed by atoms with Gasteiger partial charge in [0.1, 0.15) is 0 Å². The van der Waals surface area contributed by atoms with Gasteiger partial charge in [0, 0.05) is 18.5 Å². The molecule has 26 heavy (non-hydrogen) atoms. The number of hydrogen-bond acceptors (Lipinski definition) is 2. The summed E-state index contributed by atoms with van der Waals surface area (Å²) in [5.41, 5.74) is -0.178. The normalized spacial score (nSPS) is 12.0. The molecular formula is C19H14F3N3O. The van der Waals surface area contributed by atoms with Crippen LogP contribution in [-0.2, 0) is 4.79 Å². The number of hydrogen-bond donors (Lipinski definition) is 1. The molecular weight excluding hydrogens is 343 g/mol. The molecule has 0 saturated heterocycles. The molecule has 1 N–H and O–H groups in total. The van der Waals surface area contributed by atoms with Crippen LogP contribution in [0.15, 0.2) is 79.1 Å². The van der Waals surface area contributed by atoms with E-state index in [1.165, 1.54) is 28.9 Å². The smallest absolute Gasteiger partial charge is 0.321 e. The predicted octanol–water partition coefficient (Wildman–Crippen LogP) is 4.46. The molecule has 0 aliphatic heterocycles. The number of amides is 1. The molecule has 3 rings (SSSR count). The zero-order valence-corrected chi connectivity index (χ0v) is 13.4. The highest BCUT2D eigenvalue weighted by Gasteiger charge is 2.35. The summed E-state index contributed by atoms with van der Waals surface area (Å²) in [6.45, 7) is 0. The highest BCUT2D eigenvalue weighted by molar-refractivity contribution is 6.05. The summed E-state index contributed by atoms with van der Waals surface area (Å²) in [5.74, 6) is -0.874. The number of benzene rings is 2. The van der Waals surface area contributed by atoms with E-state index in [1.807, 2.05) is 0 Å². The topological polar surface area (TPSA) is 46.9 Å². The Bertz CT molecular complexity index is 917. The van der Waals surface area contributed by atoms with Gasteiger partial charge in [0.15, 0.2) is 0 Å². The van der Waals surface area contributed by atoms with E-state index in [9.17, 15) is 18.0 Å². The van der Waals surface area contributed by atoms with Gasteiger partial charge in [-0.2, -0.15) is 18.3 Å². The zero-order chi connectivity index (χ0) is 18.6. The maximum Gasteiger partial charge on any atom is 0.417 e. The molecule has 2 aromatic carbocycles. The third-order valence-electron chi connectivity index (χ3n) is 3.58. The van der Waals surface area contributed by atoms with Crippen molar-refractivity contribution in [3.05, 3.63) is 84.7 Å². The molecule has 0 fully saturated rings. The van der Waals surface area contributed by atoms with Gasteiger partial charge in [-0.05, 0) is 23.8 Å². The van der Waals surface area contributed by atoms with Gasteiger partial charge in [0.05, 0.1) is 16.9 Å². The lowest BCUT2D eigenvalue weighted by molar-refractivity contribution is -0.112. The summed E-state index contributed by atoms with van der Waals surface area (Å²) < 4.78 is 41.6. The van der Waals surface area contributed by atoms with E-state index in [0.717, 1.165) is 0 Å². The molecule has 0 radical (unpaired) electrons. The van der Waals surface area contributed by atoms with Crippen LogP contribution in [0.4, 0.5) is 18.9 Å². The van der Waals surface area contributed by atoms with Crippen LogP contribution in [0, 0.1) is 0 Å². The highest BCUT2D eigenvalue weighted by Crippen LogP contribution is 2.33. The number of carbonyl (C=O) groups is 1. The zero-order valence-electron chi connectivity index (χ0n) is 13.4. The van der Waals surface area contributed by atoms with E-state index in [-0.39, 0.29) is 5.56 Å². The fourth-order valence-corrected chi connectivity index (χ4v) is 2.44. The largest absolute Gasteiger partial charge is 0.417 e. The summed E-state index contributed by atoms with van der Waals surface area (Å²) in [6.07, 6.45) is -0.850. The molecule has 1 amide bonds. The second-order valence-electron chi connectivity index (χ2n) is 5.38. The Morgan fingerprint density at radius 2 is 1.69 bits per heavy atom. The Balaban J connectivity index is 1.92. The Morgan fingerprint density at radius 1 is 1.00 bits per heavy atom. The van der Waals surface area contributed by atoms with Gasteiger partial charge in [-0.1, -0.05) is 42.5 Å². The molecule has 0 aliphatic rings. The lowest BCUT2D eigenvalue weighted by Gasteiger charge is -2.13. The van der Waals surface area contributed by atoms with Crippen molar-refractivity contribution in [1.82, 2.24) is 9.78 Å². The third-order valence-corrected chi connectivity index (χ3v) is 3.58. The second kappa shape index (κ2) is 7.26. The van der Waals surface area contributed by atoms with Crippen molar-refractivity contribution in [2.75, 3.05) is 5.32 Å². The quantitative estimate of drug-likeness (QED) is 0.701. The van der Waals surface area contributed by atoms with Gasteiger partial charge in [-0.25, -0.2) is 4.68 Å². The Morgan fingerprint density at radius 3 is 2.35 bits per heavy atom. The van der Waals surface area contributed by atoms with Crippen LogP contribution in [-0.4, -0.2) is 21.9 Å². The van der Waals surface area contributed by atoms with Crippen LogP contribution in [0.1, 0.15) is 5.56 Å². The first-order chi connectivity index (χ1) is 12.4. The van der Waals surface area contributed by atoms with E-state index >= 15 is 0 Å². The number of nitrogens with one attached hydrogen (secondary N) is 1. The predicted molar refractivity (Wildman–Crippen MR) is 92.7 cm³/mol. The lowest BCUT2D eigenvalue weighted by Crippen LogP contribution is -2.16. The van der Waals surface area contributed by atoms with Crippen LogP contribution in [0.2, 0.25) is 0 Å². The van der Waals surface area contributed by atoms with Crippen molar-refractivity contribution in [2.45, 2.75) is 6.18 Å². The van der Waals surface area contributed by atoms with Crippen molar-refractivity contribution < 1.29 is 18.0 Å². The monoisotopic (exact) mass is 357 g/mol. The SMILES string of the molecule is O=C(/C=C(/c1ccccc1)C(F)(F)F)Nc1ccccc1-n1cccn1. The molecule has 0 aliphatic carbocycles. The van der Waals surface area contributed by atoms with E-state index < -0.39 is 17.7 Å². The van der Waals surface area contributed by atoms with E-state index in [1.54, 1.807) is 48.8 Å². The maximum atomic E-state index is 13.3. The Kier molecular flexibility index (Phi) is 4.88. The van der Waals surface area contributed by atoms with Crippen molar-refractivity contribution in [3.8, 4) is 5.69 Å². The molecule has 7 heteroatoms. The average molecular weight is 357 g/mol. The molecule has 0 atom stereocenters. The second-order valence-corrected chi connectivity index (χ2v) is 5.38. The average Bonchev–Trinajstić information content (AvgIpc) is 3.14. The molecule has 0 spiro atoms. The van der Waals surface area contributed by atoms with E-state index in [2.05, 4.69) is 10.4 Å². The van der Waals surface area contributed by atoms with Gasteiger partial charge in [-0.15, -0.1) is 0 Å². The first-order valence-corrected chi connectivity index (χ1v) is 7.69. The lowest BCUT2D eigenvalue weighted by atomic mass is 10.1. The highest BCUT2D eigenvalue weighted by atomic mass is 19.4. The first-order valence-electron chi connectivity index (χ1n) is 7.69. The summed E-state index contributed by atoms with van der Waals surface area (Å²) in [7, 11) is 0. The summed E-state index contributed by atoms with van der Waals surface area (Å²) in [6, 6.07) is 15.6. The van der Waals surface area contributed by atoms with E-state index in [4.69, 9.17) is 0 Å². The van der Waals surface area contributed by atoms with Crippen LogP contribution < -0.4 is 5.32 Å². The number of para-hydroxylation sites is 2. The minimum absolute atomic E-state index is 0.0736. The van der Waals surface area contributed by atoms with Crippen molar-refractivity contribution in [1.29, 1.82) is 0 Å². The number of aromatic nitrogens is 2. The van der Waals surface area contributed by atoms with Gasteiger partial charge in [0.25, 0.3) is 0 Å². The number of nitrogens with zero attached hydrogens (tertiary/aromatic N) is 2. The minimum atomic E-state index is -4.65. The van der Waals surface area contributed by atoms with Crippen LogP contribution in [0.5, 0.6) is 0 Å². The van der Waals surface area contributed by atoms with Crippen LogP contribution in [0.3, 0.4) is 0 Å². The van der Waals surface area contributed by atoms with Crippen molar-refractivity contribution in [3.63, 3.8) is 0 Å². The number of allylic oxidation sites excluding steroid dienone is 1. The number of carbonyl (C=O) groups excluding carboxylic acids is 1. The number of rotatable bonds is 4. The number of anilines is 1. The van der Waals surface area contributed by atoms with Gasteiger partial charge < -0.3 is 5.32 Å². The standard InChI is InChI=1S/C19H14F3N3O/c20-19(21,22)15(14-7-2-1-3-8-14)13-18(26)24-16-9-4-5-10-17(16)25-12-6-11-23-25/h1-13H,(H,24,26)/b15-13-. The number of halogens is 3. The van der Waals surface area contributed by atoms with Gasteiger partial charge in [0.2, 0.25) is 5.91 Å². The fraction of sp³-hybridized carbons (Fsp3) is 0.0526. The summed E-state index contributed by atoms with van der Waals surface area (Å²) in [5, 5.41) is 6.57. The van der Waals surface area contributed by atoms with Crippen LogP contribution in [0.25, 0.3) is 11.3 Å². The van der Waals surface area contributed by atoms with Gasteiger partial charge in [-0.3, -0.25) is 4.79 Å². The van der Waals surface area contributed by atoms with Gasteiger partial charge >= 0.3 is 6.18 Å². The Hall–Kier alpha value is -3.35. The number of alkyl halides is 3. The maximum absolute atomic E-state index is 13.3. The molecule has 1 aromatic heterocycles. The summed E-state index contributed by atoms with van der Waals surface area (Å²) in [4.78, 5) is 12.2. The molecule has 1 heterocycles. The van der Waals surface area contributed by atoms with Crippen LogP contribution >= 0.6 is 0 Å². The van der Waals surface area contributed by atoms with Crippen molar-refractivity contribution >= 4 is 17.2 Å². The minimum Gasteiger partial charge on any atom is -0.321 e. The fourth-order valence-electron chi connectivity index (χ4n) is 2.44. The molecule has 4 nitrogen and oxygen atoms in total. The molecule has 3 aromatic rings. The molecule has 0 saturated carbocycles. The molecule has 132 valence electrons.